The fourth-order valence-corrected chi connectivity index (χ4v) is 3.86. The number of alkyl halides is 2. The van der Waals surface area contributed by atoms with Crippen LogP contribution in [0.1, 0.15) is 35.4 Å². The Hall–Kier alpha value is -2.73. The van der Waals surface area contributed by atoms with Gasteiger partial charge in [0.15, 0.2) is 5.69 Å². The van der Waals surface area contributed by atoms with Gasteiger partial charge in [0.05, 0.1) is 23.6 Å². The highest BCUT2D eigenvalue weighted by atomic mass is 32.1. The van der Waals surface area contributed by atoms with Gasteiger partial charge in [0.2, 0.25) is 0 Å². The fraction of sp³-hybridized carbons (Fsp3) is 0.412. The third-order valence-corrected chi connectivity index (χ3v) is 5.46. The average Bonchev–Trinajstić information content (AvgIpc) is 3.42. The zero-order valence-corrected chi connectivity index (χ0v) is 15.9. The zero-order valence-electron chi connectivity index (χ0n) is 15.1. The molecule has 29 heavy (non-hydrogen) atoms. The molecule has 0 saturated carbocycles. The van der Waals surface area contributed by atoms with Crippen molar-refractivity contribution >= 4 is 22.9 Å². The van der Waals surface area contributed by atoms with Crippen LogP contribution in [0.4, 0.5) is 18.9 Å². The molecule has 154 valence electrons. The summed E-state index contributed by atoms with van der Waals surface area (Å²) in [4.78, 5) is 16.7. The molecular weight excluding hydrogens is 409 g/mol. The molecule has 0 radical (unpaired) electrons. The van der Waals surface area contributed by atoms with Gasteiger partial charge in [-0.15, -0.1) is 16.2 Å². The summed E-state index contributed by atoms with van der Waals surface area (Å²) in [6, 6.07) is 0. The third-order valence-electron chi connectivity index (χ3n) is 4.57. The van der Waals surface area contributed by atoms with E-state index >= 15 is 0 Å². The van der Waals surface area contributed by atoms with Crippen LogP contribution in [-0.2, 0) is 11.3 Å². The summed E-state index contributed by atoms with van der Waals surface area (Å²) >= 11 is 1.12. The van der Waals surface area contributed by atoms with E-state index < -0.39 is 18.0 Å². The van der Waals surface area contributed by atoms with E-state index in [1.165, 1.54) is 22.5 Å². The van der Waals surface area contributed by atoms with Crippen LogP contribution >= 0.6 is 11.3 Å². The molecule has 8 nitrogen and oxygen atoms in total. The highest BCUT2D eigenvalue weighted by molar-refractivity contribution is 7.13. The molecule has 1 aliphatic heterocycles. The summed E-state index contributed by atoms with van der Waals surface area (Å²) in [6.45, 7) is 1.77. The number of ether oxygens (including phenoxy) is 1. The number of hydrogen-bond donors (Lipinski definition) is 1. The van der Waals surface area contributed by atoms with Gasteiger partial charge >= 0.3 is 0 Å². The van der Waals surface area contributed by atoms with Gasteiger partial charge in [-0.2, -0.15) is 10.2 Å². The Morgan fingerprint density at radius 1 is 1.34 bits per heavy atom. The van der Waals surface area contributed by atoms with Crippen molar-refractivity contribution in [1.82, 2.24) is 24.8 Å². The van der Waals surface area contributed by atoms with Crippen molar-refractivity contribution in [3.8, 4) is 10.6 Å². The maximum Gasteiger partial charge on any atom is 0.284 e. The summed E-state index contributed by atoms with van der Waals surface area (Å²) < 4.78 is 46.5. The summed E-state index contributed by atoms with van der Waals surface area (Å²) in [5.41, 5.74) is -0.0918. The lowest BCUT2D eigenvalue weighted by atomic mass is 10.0. The molecule has 0 aliphatic carbocycles. The molecule has 1 aliphatic rings. The first-order chi connectivity index (χ1) is 14.0. The van der Waals surface area contributed by atoms with Gasteiger partial charge in [0.1, 0.15) is 10.7 Å². The monoisotopic (exact) mass is 426 g/mol. The number of thiazole rings is 1. The Morgan fingerprint density at radius 2 is 2.14 bits per heavy atom. The van der Waals surface area contributed by atoms with E-state index in [2.05, 4.69) is 20.5 Å². The molecule has 0 unspecified atom stereocenters. The lowest BCUT2D eigenvalue weighted by molar-refractivity contribution is 0.0598. The number of halogens is 3. The first-order valence-electron chi connectivity index (χ1n) is 8.91. The highest BCUT2D eigenvalue weighted by Gasteiger charge is 2.23. The van der Waals surface area contributed by atoms with Gasteiger partial charge in [0, 0.05) is 31.3 Å². The SMILES string of the molecule is O=C(Nc1cn(CC2CCOCC2)nc1C(F)F)c1csc(-c2cnn(F)c2)n1. The molecule has 4 rings (SSSR count). The summed E-state index contributed by atoms with van der Waals surface area (Å²) in [5.74, 6) is -0.358. The predicted octanol–water partition coefficient (Wildman–Crippen LogP) is 3.55. The molecule has 3 aromatic heterocycles. The number of carbonyl (C=O) groups is 1. The van der Waals surface area contributed by atoms with Crippen LogP contribution in [0.25, 0.3) is 10.6 Å². The molecule has 1 saturated heterocycles. The Morgan fingerprint density at radius 3 is 2.83 bits per heavy atom. The molecule has 0 atom stereocenters. The molecule has 4 heterocycles. The number of rotatable bonds is 6. The Balaban J connectivity index is 1.49. The van der Waals surface area contributed by atoms with Crippen molar-refractivity contribution in [2.24, 2.45) is 5.92 Å². The lowest BCUT2D eigenvalue weighted by Gasteiger charge is -2.21. The van der Waals surface area contributed by atoms with Crippen molar-refractivity contribution in [3.05, 3.63) is 35.4 Å². The number of anilines is 1. The molecule has 0 aromatic carbocycles. The fourth-order valence-electron chi connectivity index (χ4n) is 3.09. The van der Waals surface area contributed by atoms with Crippen LogP contribution in [0.5, 0.6) is 0 Å². The minimum atomic E-state index is -2.83. The van der Waals surface area contributed by atoms with E-state index in [4.69, 9.17) is 4.74 Å². The molecule has 1 fully saturated rings. The lowest BCUT2D eigenvalue weighted by Crippen LogP contribution is -2.20. The van der Waals surface area contributed by atoms with Crippen LogP contribution < -0.4 is 5.32 Å². The Labute approximate surface area is 167 Å². The van der Waals surface area contributed by atoms with Gasteiger partial charge in [0.25, 0.3) is 12.3 Å². The molecule has 0 spiro atoms. The number of carbonyl (C=O) groups excluding carboxylic acids is 1. The molecule has 3 aromatic rings. The van der Waals surface area contributed by atoms with Crippen molar-refractivity contribution in [3.63, 3.8) is 0 Å². The number of amides is 1. The maximum atomic E-state index is 13.4. The van der Waals surface area contributed by atoms with Crippen LogP contribution in [0, 0.1) is 5.92 Å². The van der Waals surface area contributed by atoms with Crippen molar-refractivity contribution < 1.29 is 22.8 Å². The van der Waals surface area contributed by atoms with E-state index in [1.807, 2.05) is 0 Å². The Bertz CT molecular complexity index is 995. The smallest absolute Gasteiger partial charge is 0.284 e. The number of nitrogens with one attached hydrogen (secondary N) is 1. The second kappa shape index (κ2) is 8.33. The first-order valence-corrected chi connectivity index (χ1v) is 9.79. The minimum Gasteiger partial charge on any atom is -0.381 e. The largest absolute Gasteiger partial charge is 0.381 e. The van der Waals surface area contributed by atoms with Crippen LogP contribution in [0.2, 0.25) is 0 Å². The van der Waals surface area contributed by atoms with Crippen molar-refractivity contribution in [2.75, 3.05) is 18.5 Å². The van der Waals surface area contributed by atoms with E-state index in [-0.39, 0.29) is 22.2 Å². The quantitative estimate of drug-likeness (QED) is 0.651. The first kappa shape index (κ1) is 19.6. The van der Waals surface area contributed by atoms with Crippen LogP contribution in [0.15, 0.2) is 24.0 Å². The standard InChI is InChI=1S/C17H17F3N6O2S/c18-15(19)14-12(8-25(24-14)6-10-1-3-28-4-2-10)22-16(27)13-9-29-17(23-13)11-5-21-26(20)7-11/h5,7-10,15H,1-4,6H2,(H,22,27). The van der Waals surface area contributed by atoms with E-state index in [0.717, 1.165) is 30.4 Å². The van der Waals surface area contributed by atoms with Crippen molar-refractivity contribution in [2.45, 2.75) is 25.8 Å². The van der Waals surface area contributed by atoms with E-state index in [0.29, 0.717) is 30.3 Å². The number of hydrogen-bond acceptors (Lipinski definition) is 6. The summed E-state index contributed by atoms with van der Waals surface area (Å²) in [7, 11) is 0. The summed E-state index contributed by atoms with van der Waals surface area (Å²) in [6.07, 6.45) is 2.65. The second-order valence-electron chi connectivity index (χ2n) is 6.62. The molecular formula is C17H17F3N6O2S. The average molecular weight is 426 g/mol. The highest BCUT2D eigenvalue weighted by Crippen LogP contribution is 2.28. The minimum absolute atomic E-state index is 0.0361. The van der Waals surface area contributed by atoms with Crippen LogP contribution in [-0.4, -0.2) is 43.9 Å². The van der Waals surface area contributed by atoms with Crippen LogP contribution in [0.3, 0.4) is 0 Å². The molecule has 1 N–H and O–H groups in total. The normalized spacial score (nSPS) is 15.2. The Kier molecular flexibility index (Phi) is 5.62. The van der Waals surface area contributed by atoms with Gasteiger partial charge in [-0.05, 0) is 18.8 Å². The van der Waals surface area contributed by atoms with Gasteiger partial charge < -0.3 is 10.1 Å². The zero-order chi connectivity index (χ0) is 20.4. The van der Waals surface area contributed by atoms with Gasteiger partial charge in [-0.3, -0.25) is 9.48 Å². The van der Waals surface area contributed by atoms with Gasteiger partial charge in [-0.1, -0.05) is 4.48 Å². The summed E-state index contributed by atoms with van der Waals surface area (Å²) in [5, 5.41) is 11.7. The van der Waals surface area contributed by atoms with Gasteiger partial charge in [-0.25, -0.2) is 13.8 Å². The van der Waals surface area contributed by atoms with E-state index in [1.54, 1.807) is 0 Å². The molecule has 12 heteroatoms. The number of nitrogens with zero attached hydrogens (tertiary/aromatic N) is 5. The number of aromatic nitrogens is 5. The second-order valence-corrected chi connectivity index (χ2v) is 7.47. The maximum absolute atomic E-state index is 13.4. The van der Waals surface area contributed by atoms with E-state index in [9.17, 15) is 18.1 Å². The molecule has 0 bridgehead atoms. The molecule has 1 amide bonds. The topological polar surface area (TPSA) is 86.9 Å². The predicted molar refractivity (Wildman–Crippen MR) is 98.5 cm³/mol. The van der Waals surface area contributed by atoms with Crippen molar-refractivity contribution in [1.29, 1.82) is 0 Å². The third kappa shape index (κ3) is 4.48.